The molecule has 2 fully saturated rings. The molecular formula is C21H31FN2O. The minimum absolute atomic E-state index is 0.196. The molecule has 1 aromatic carbocycles. The van der Waals surface area contributed by atoms with E-state index in [-0.39, 0.29) is 12.4 Å². The predicted octanol–water partition coefficient (Wildman–Crippen LogP) is 3.26. The van der Waals surface area contributed by atoms with Gasteiger partial charge in [-0.15, -0.1) is 0 Å². The topological polar surface area (TPSA) is 26.7 Å². The number of hydrogen-bond acceptors (Lipinski definition) is 3. The van der Waals surface area contributed by atoms with Crippen molar-refractivity contribution >= 4 is 6.08 Å². The van der Waals surface area contributed by atoms with E-state index >= 15 is 0 Å². The molecule has 2 heterocycles. The second-order valence-corrected chi connectivity index (χ2v) is 7.59. The summed E-state index contributed by atoms with van der Waals surface area (Å²) in [7, 11) is 0. The Morgan fingerprint density at radius 2 is 1.64 bits per heavy atom. The molecule has 2 aliphatic rings. The van der Waals surface area contributed by atoms with Crippen molar-refractivity contribution in [3.8, 4) is 0 Å². The minimum Gasteiger partial charge on any atom is -0.396 e. The van der Waals surface area contributed by atoms with Gasteiger partial charge in [0.15, 0.2) is 0 Å². The van der Waals surface area contributed by atoms with Crippen molar-refractivity contribution in [1.82, 2.24) is 9.80 Å². The maximum absolute atomic E-state index is 12.9. The van der Waals surface area contributed by atoms with Gasteiger partial charge in [0.25, 0.3) is 0 Å². The van der Waals surface area contributed by atoms with Crippen molar-refractivity contribution in [3.05, 3.63) is 41.7 Å². The molecular weight excluding hydrogens is 315 g/mol. The third-order valence-electron chi connectivity index (χ3n) is 5.62. The number of hydrogen-bond donors (Lipinski definition) is 1. The summed E-state index contributed by atoms with van der Waals surface area (Å²) in [6.07, 6.45) is 9.57. The molecule has 3 nitrogen and oxygen atoms in total. The molecule has 0 spiro atoms. The number of halogens is 1. The molecule has 0 amide bonds. The van der Waals surface area contributed by atoms with Crippen molar-refractivity contribution in [2.75, 3.05) is 45.9 Å². The van der Waals surface area contributed by atoms with Crippen molar-refractivity contribution < 1.29 is 9.50 Å². The van der Waals surface area contributed by atoms with Crippen molar-refractivity contribution in [2.24, 2.45) is 11.8 Å². The molecule has 0 unspecified atom stereocenters. The molecule has 25 heavy (non-hydrogen) atoms. The SMILES string of the molecule is OC[C@@H]1CN(C/C=C/c2ccc(F)cc2)C[C@@H]1CN1CCCCCC1. The van der Waals surface area contributed by atoms with Crippen LogP contribution >= 0.6 is 0 Å². The van der Waals surface area contributed by atoms with Gasteiger partial charge in [-0.25, -0.2) is 4.39 Å². The van der Waals surface area contributed by atoms with Gasteiger partial charge in [0.2, 0.25) is 0 Å². The third kappa shape index (κ3) is 5.63. The predicted molar refractivity (Wildman–Crippen MR) is 101 cm³/mol. The quantitative estimate of drug-likeness (QED) is 0.856. The fourth-order valence-corrected chi connectivity index (χ4v) is 4.16. The smallest absolute Gasteiger partial charge is 0.123 e. The van der Waals surface area contributed by atoms with Gasteiger partial charge in [-0.1, -0.05) is 37.1 Å². The highest BCUT2D eigenvalue weighted by Gasteiger charge is 2.32. The van der Waals surface area contributed by atoms with Crippen LogP contribution in [0.5, 0.6) is 0 Å². The first-order valence-corrected chi connectivity index (χ1v) is 9.72. The Morgan fingerprint density at radius 3 is 2.32 bits per heavy atom. The van der Waals surface area contributed by atoms with Crippen LogP contribution in [0.25, 0.3) is 6.08 Å². The average Bonchev–Trinajstić information content (AvgIpc) is 2.82. The monoisotopic (exact) mass is 346 g/mol. The molecule has 0 saturated carbocycles. The number of aliphatic hydroxyl groups excluding tert-OH is 1. The van der Waals surface area contributed by atoms with Crippen LogP contribution < -0.4 is 0 Å². The lowest BCUT2D eigenvalue weighted by Gasteiger charge is -2.26. The van der Waals surface area contributed by atoms with Crippen LogP contribution in [0.4, 0.5) is 4.39 Å². The summed E-state index contributed by atoms with van der Waals surface area (Å²) in [5.41, 5.74) is 1.03. The number of likely N-dealkylation sites (tertiary alicyclic amines) is 2. The van der Waals surface area contributed by atoms with Gasteiger partial charge in [-0.2, -0.15) is 0 Å². The molecule has 2 aliphatic heterocycles. The number of nitrogens with zero attached hydrogens (tertiary/aromatic N) is 2. The molecule has 0 aliphatic carbocycles. The summed E-state index contributed by atoms with van der Waals surface area (Å²) in [6.45, 7) is 6.79. The lowest BCUT2D eigenvalue weighted by molar-refractivity contribution is 0.165. The van der Waals surface area contributed by atoms with Crippen LogP contribution in [0.3, 0.4) is 0 Å². The molecule has 4 heteroatoms. The number of benzene rings is 1. The zero-order valence-corrected chi connectivity index (χ0v) is 15.1. The van der Waals surface area contributed by atoms with E-state index in [1.54, 1.807) is 12.1 Å². The molecule has 1 aromatic rings. The Kier molecular flexibility index (Phi) is 7.02. The fraction of sp³-hybridized carbons (Fsp3) is 0.619. The second-order valence-electron chi connectivity index (χ2n) is 7.59. The molecule has 2 saturated heterocycles. The number of aliphatic hydroxyl groups is 1. The molecule has 3 rings (SSSR count). The minimum atomic E-state index is -0.196. The zero-order chi connectivity index (χ0) is 17.5. The standard InChI is InChI=1S/C21H31FN2O/c22-21-9-7-18(8-10-21)6-5-13-24-15-19(20(16-24)17-25)14-23-11-3-1-2-4-12-23/h5-10,19-20,25H,1-4,11-17H2/b6-5+/t19-,20-/m0/s1. The van der Waals surface area contributed by atoms with E-state index in [9.17, 15) is 9.50 Å². The van der Waals surface area contributed by atoms with Gasteiger partial charge in [0, 0.05) is 32.8 Å². The van der Waals surface area contributed by atoms with Crippen LogP contribution in [0.1, 0.15) is 31.2 Å². The highest BCUT2D eigenvalue weighted by atomic mass is 19.1. The van der Waals surface area contributed by atoms with Gasteiger partial charge in [0.05, 0.1) is 0 Å². The van der Waals surface area contributed by atoms with E-state index in [2.05, 4.69) is 22.0 Å². The van der Waals surface area contributed by atoms with Crippen molar-refractivity contribution in [2.45, 2.75) is 25.7 Å². The van der Waals surface area contributed by atoms with Crippen LogP contribution in [0.2, 0.25) is 0 Å². The zero-order valence-electron chi connectivity index (χ0n) is 15.1. The van der Waals surface area contributed by atoms with Gasteiger partial charge in [-0.3, -0.25) is 4.90 Å². The highest BCUT2D eigenvalue weighted by molar-refractivity contribution is 5.48. The summed E-state index contributed by atoms with van der Waals surface area (Å²) in [5, 5.41) is 9.77. The van der Waals surface area contributed by atoms with Crippen molar-refractivity contribution in [1.29, 1.82) is 0 Å². The van der Waals surface area contributed by atoms with E-state index in [1.165, 1.54) is 50.9 Å². The van der Waals surface area contributed by atoms with E-state index in [4.69, 9.17) is 0 Å². The van der Waals surface area contributed by atoms with Crippen LogP contribution in [0, 0.1) is 17.7 Å². The normalized spacial score (nSPS) is 26.3. The Labute approximate surface area is 151 Å². The third-order valence-corrected chi connectivity index (χ3v) is 5.62. The van der Waals surface area contributed by atoms with E-state index in [0.717, 1.165) is 31.7 Å². The number of rotatable bonds is 6. The van der Waals surface area contributed by atoms with E-state index in [1.807, 2.05) is 0 Å². The van der Waals surface area contributed by atoms with Gasteiger partial charge in [-0.05, 0) is 55.5 Å². The lowest BCUT2D eigenvalue weighted by atomic mass is 9.96. The highest BCUT2D eigenvalue weighted by Crippen LogP contribution is 2.25. The second kappa shape index (κ2) is 9.46. The molecule has 0 aromatic heterocycles. The van der Waals surface area contributed by atoms with Gasteiger partial charge < -0.3 is 10.0 Å². The fourth-order valence-electron chi connectivity index (χ4n) is 4.16. The lowest BCUT2D eigenvalue weighted by Crippen LogP contribution is -2.34. The van der Waals surface area contributed by atoms with Gasteiger partial charge in [0.1, 0.15) is 5.82 Å². The first-order chi connectivity index (χ1) is 12.2. The Balaban J connectivity index is 1.49. The van der Waals surface area contributed by atoms with Gasteiger partial charge >= 0.3 is 0 Å². The first kappa shape index (κ1) is 18.6. The molecule has 2 atom stereocenters. The van der Waals surface area contributed by atoms with Crippen molar-refractivity contribution in [3.63, 3.8) is 0 Å². The van der Waals surface area contributed by atoms with Crippen LogP contribution in [-0.2, 0) is 0 Å². The Bertz CT molecular complexity index is 537. The van der Waals surface area contributed by atoms with Crippen LogP contribution in [0.15, 0.2) is 30.3 Å². The molecule has 0 bridgehead atoms. The summed E-state index contributed by atoms with van der Waals surface area (Å²) < 4.78 is 12.9. The average molecular weight is 346 g/mol. The van der Waals surface area contributed by atoms with Crippen LogP contribution in [-0.4, -0.2) is 60.8 Å². The first-order valence-electron chi connectivity index (χ1n) is 9.72. The van der Waals surface area contributed by atoms with E-state index < -0.39 is 0 Å². The maximum atomic E-state index is 12.9. The molecule has 1 N–H and O–H groups in total. The maximum Gasteiger partial charge on any atom is 0.123 e. The summed E-state index contributed by atoms with van der Waals surface area (Å²) in [4.78, 5) is 5.04. The largest absolute Gasteiger partial charge is 0.396 e. The Hall–Kier alpha value is -1.23. The van der Waals surface area contributed by atoms with E-state index in [0.29, 0.717) is 11.8 Å². The molecule has 0 radical (unpaired) electrons. The summed E-state index contributed by atoms with van der Waals surface area (Å²) in [6, 6.07) is 6.59. The summed E-state index contributed by atoms with van der Waals surface area (Å²) >= 11 is 0. The molecule has 138 valence electrons. The summed E-state index contributed by atoms with van der Waals surface area (Å²) in [5.74, 6) is 0.767. The Morgan fingerprint density at radius 1 is 0.960 bits per heavy atom.